The molecule has 7 heteroatoms. The lowest BCUT2D eigenvalue weighted by molar-refractivity contribution is 0.554. The fourth-order valence-electron chi connectivity index (χ4n) is 1.50. The number of aromatic nitrogens is 2. The van der Waals surface area contributed by atoms with Crippen molar-refractivity contribution in [2.24, 2.45) is 0 Å². The minimum Gasteiger partial charge on any atom is -0.372 e. The molecule has 1 atom stereocenters. The minimum atomic E-state index is -3.21. The summed E-state index contributed by atoms with van der Waals surface area (Å²) in [6, 6.07) is 0. The molecule has 19 heavy (non-hydrogen) atoms. The summed E-state index contributed by atoms with van der Waals surface area (Å²) in [6.07, 6.45) is 1.20. The summed E-state index contributed by atoms with van der Waals surface area (Å²) in [7, 11) is -1.44. The molecule has 1 heterocycles. The van der Waals surface area contributed by atoms with Gasteiger partial charge in [-0.25, -0.2) is 18.4 Å². The van der Waals surface area contributed by atoms with Crippen LogP contribution in [-0.4, -0.2) is 31.7 Å². The molecule has 0 radical (unpaired) electrons. The van der Waals surface area contributed by atoms with Crippen LogP contribution < -0.4 is 5.32 Å². The zero-order valence-corrected chi connectivity index (χ0v) is 15.0. The van der Waals surface area contributed by atoms with Gasteiger partial charge in [0.05, 0.1) is 9.26 Å². The molecular weight excluding hydrogens is 377 g/mol. The number of rotatable bonds is 3. The van der Waals surface area contributed by atoms with E-state index in [2.05, 4.69) is 37.9 Å². The van der Waals surface area contributed by atoms with Crippen LogP contribution in [0.1, 0.15) is 44.5 Å². The molecular formula is C12H20IN3O2S. The maximum Gasteiger partial charge on any atom is 0.157 e. The van der Waals surface area contributed by atoms with Crippen LogP contribution in [0.25, 0.3) is 0 Å². The Morgan fingerprint density at radius 1 is 1.26 bits per heavy atom. The summed E-state index contributed by atoms with van der Waals surface area (Å²) in [5.74, 6) is 1.02. The lowest BCUT2D eigenvalue weighted by atomic mass is 9.92. The molecule has 108 valence electrons. The zero-order valence-electron chi connectivity index (χ0n) is 12.1. The summed E-state index contributed by atoms with van der Waals surface area (Å²) < 4.78 is 24.3. The first-order chi connectivity index (χ1) is 8.48. The third-order valence-electron chi connectivity index (χ3n) is 2.82. The zero-order chi connectivity index (χ0) is 15.0. The van der Waals surface area contributed by atoms with Gasteiger partial charge in [0.15, 0.2) is 9.84 Å². The van der Waals surface area contributed by atoms with Crippen molar-refractivity contribution in [1.29, 1.82) is 0 Å². The van der Waals surface area contributed by atoms with Gasteiger partial charge in [0.25, 0.3) is 0 Å². The molecule has 0 spiro atoms. The van der Waals surface area contributed by atoms with Crippen LogP contribution in [0.2, 0.25) is 0 Å². The SMILES string of the molecule is CNc1nc(C(C)S(C)(=O)=O)nc(C(C)(C)C)c1I. The molecule has 5 nitrogen and oxygen atoms in total. The van der Waals surface area contributed by atoms with Gasteiger partial charge in [0.1, 0.15) is 16.9 Å². The lowest BCUT2D eigenvalue weighted by Gasteiger charge is -2.22. The molecule has 0 saturated carbocycles. The number of hydrogen-bond donors (Lipinski definition) is 1. The maximum absolute atomic E-state index is 11.7. The van der Waals surface area contributed by atoms with Crippen LogP contribution in [0.15, 0.2) is 0 Å². The molecule has 0 aliphatic heterocycles. The van der Waals surface area contributed by atoms with Crippen molar-refractivity contribution in [3.05, 3.63) is 15.1 Å². The summed E-state index contributed by atoms with van der Waals surface area (Å²) in [4.78, 5) is 8.80. The van der Waals surface area contributed by atoms with E-state index in [4.69, 9.17) is 0 Å². The minimum absolute atomic E-state index is 0.170. The fraction of sp³-hybridized carbons (Fsp3) is 0.667. The van der Waals surface area contributed by atoms with E-state index in [-0.39, 0.29) is 5.41 Å². The van der Waals surface area contributed by atoms with Crippen molar-refractivity contribution < 1.29 is 8.42 Å². The Bertz CT molecular complexity index is 579. The molecule has 1 unspecified atom stereocenters. The third-order valence-corrected chi connectivity index (χ3v) is 5.34. The average Bonchev–Trinajstić information content (AvgIpc) is 2.25. The van der Waals surface area contributed by atoms with E-state index in [1.54, 1.807) is 14.0 Å². The standard InChI is InChI=1S/C12H20IN3O2S/c1-7(19(6,17)18)10-15-9(12(2,3)4)8(13)11(14-5)16-10/h7H,1-6H3,(H,14,15,16). The van der Waals surface area contributed by atoms with E-state index in [0.717, 1.165) is 9.26 Å². The highest BCUT2D eigenvalue weighted by Gasteiger charge is 2.27. The second kappa shape index (κ2) is 5.51. The van der Waals surface area contributed by atoms with Gasteiger partial charge < -0.3 is 5.32 Å². The first-order valence-corrected chi connectivity index (χ1v) is 8.96. The predicted octanol–water partition coefficient (Wildman–Crippen LogP) is 2.53. The smallest absolute Gasteiger partial charge is 0.157 e. The van der Waals surface area contributed by atoms with Gasteiger partial charge in [-0.3, -0.25) is 0 Å². The summed E-state index contributed by atoms with van der Waals surface area (Å²) in [5, 5.41) is 2.29. The molecule has 1 aromatic rings. The summed E-state index contributed by atoms with van der Waals surface area (Å²) >= 11 is 2.19. The quantitative estimate of drug-likeness (QED) is 0.794. The highest BCUT2D eigenvalue weighted by molar-refractivity contribution is 14.1. The highest BCUT2D eigenvalue weighted by Crippen LogP contribution is 2.31. The number of sulfone groups is 1. The van der Waals surface area contributed by atoms with Gasteiger partial charge in [0.2, 0.25) is 0 Å². The Hall–Kier alpha value is -0.440. The highest BCUT2D eigenvalue weighted by atomic mass is 127. The topological polar surface area (TPSA) is 72.0 Å². The molecule has 1 rings (SSSR count). The first-order valence-electron chi connectivity index (χ1n) is 5.93. The van der Waals surface area contributed by atoms with E-state index >= 15 is 0 Å². The molecule has 1 aromatic heterocycles. The van der Waals surface area contributed by atoms with Crippen molar-refractivity contribution in [2.75, 3.05) is 18.6 Å². The average molecular weight is 397 g/mol. The number of anilines is 1. The fourth-order valence-corrected chi connectivity index (χ4v) is 3.31. The summed E-state index contributed by atoms with van der Waals surface area (Å²) in [5.41, 5.74) is 0.690. The molecule has 0 fully saturated rings. The Kier molecular flexibility index (Phi) is 4.82. The first kappa shape index (κ1) is 16.6. The van der Waals surface area contributed by atoms with Crippen molar-refractivity contribution in [3.8, 4) is 0 Å². The van der Waals surface area contributed by atoms with E-state index < -0.39 is 15.1 Å². The monoisotopic (exact) mass is 397 g/mol. The molecule has 0 aromatic carbocycles. The second-order valence-corrected chi connectivity index (χ2v) is 9.01. The van der Waals surface area contributed by atoms with Gasteiger partial charge >= 0.3 is 0 Å². The molecule has 0 bridgehead atoms. The molecule has 0 aliphatic carbocycles. The number of nitrogens with one attached hydrogen (secondary N) is 1. The van der Waals surface area contributed by atoms with Gasteiger partial charge in [-0.05, 0) is 29.5 Å². The van der Waals surface area contributed by atoms with Crippen molar-refractivity contribution >= 4 is 38.2 Å². The molecule has 0 saturated heterocycles. The third kappa shape index (κ3) is 3.77. The molecule has 0 amide bonds. The Morgan fingerprint density at radius 2 is 1.79 bits per heavy atom. The van der Waals surface area contributed by atoms with Gasteiger partial charge in [-0.2, -0.15) is 0 Å². The Morgan fingerprint density at radius 3 is 2.16 bits per heavy atom. The van der Waals surface area contributed by atoms with Gasteiger partial charge in [-0.1, -0.05) is 20.8 Å². The predicted molar refractivity (Wildman–Crippen MR) is 86.3 cm³/mol. The Balaban J connectivity index is 3.53. The molecule has 1 N–H and O–H groups in total. The van der Waals surface area contributed by atoms with E-state index in [1.807, 2.05) is 20.8 Å². The van der Waals surface area contributed by atoms with Crippen molar-refractivity contribution in [2.45, 2.75) is 38.4 Å². The largest absolute Gasteiger partial charge is 0.372 e. The number of hydrogen-bond acceptors (Lipinski definition) is 5. The normalized spacial score (nSPS) is 14.3. The van der Waals surface area contributed by atoms with E-state index in [9.17, 15) is 8.42 Å². The van der Waals surface area contributed by atoms with Crippen LogP contribution in [0, 0.1) is 3.57 Å². The van der Waals surface area contributed by atoms with Crippen molar-refractivity contribution in [1.82, 2.24) is 9.97 Å². The van der Waals surface area contributed by atoms with Crippen molar-refractivity contribution in [3.63, 3.8) is 0 Å². The maximum atomic E-state index is 11.7. The second-order valence-electron chi connectivity index (χ2n) is 5.56. The van der Waals surface area contributed by atoms with Crippen LogP contribution in [0.4, 0.5) is 5.82 Å². The van der Waals surface area contributed by atoms with E-state index in [0.29, 0.717) is 11.6 Å². The van der Waals surface area contributed by atoms with Gasteiger partial charge in [-0.15, -0.1) is 0 Å². The Labute approximate surface area is 128 Å². The number of halogens is 1. The van der Waals surface area contributed by atoms with Gasteiger partial charge in [0, 0.05) is 18.7 Å². The lowest BCUT2D eigenvalue weighted by Crippen LogP contribution is -2.21. The molecule has 0 aliphatic rings. The summed E-state index contributed by atoms with van der Waals surface area (Å²) in [6.45, 7) is 7.76. The van der Waals surface area contributed by atoms with E-state index in [1.165, 1.54) is 6.26 Å². The van der Waals surface area contributed by atoms with Crippen LogP contribution in [-0.2, 0) is 15.3 Å². The van der Waals surface area contributed by atoms with Crippen LogP contribution >= 0.6 is 22.6 Å². The van der Waals surface area contributed by atoms with Crippen LogP contribution in [0.3, 0.4) is 0 Å². The van der Waals surface area contributed by atoms with Crippen LogP contribution in [0.5, 0.6) is 0 Å². The number of nitrogens with zero attached hydrogens (tertiary/aromatic N) is 2.